The van der Waals surface area contributed by atoms with Gasteiger partial charge in [0.2, 0.25) is 0 Å². The molecule has 0 aliphatic carbocycles. The van der Waals surface area contributed by atoms with E-state index >= 15 is 0 Å². The third-order valence-electron chi connectivity index (χ3n) is 3.23. The van der Waals surface area contributed by atoms with E-state index in [1.807, 2.05) is 0 Å². The van der Waals surface area contributed by atoms with Crippen LogP contribution in [0.5, 0.6) is 0 Å². The van der Waals surface area contributed by atoms with Crippen LogP contribution in [0.3, 0.4) is 0 Å². The first kappa shape index (κ1) is 15.1. The SMILES string of the molecule is CS(=O)(=O)c1ccc(-c2nn3cccnc3c2C(=O)O)c(F)c1. The molecule has 3 aromatic rings. The molecule has 0 saturated carbocycles. The zero-order valence-electron chi connectivity index (χ0n) is 11.8. The maximum atomic E-state index is 14.3. The smallest absolute Gasteiger partial charge is 0.341 e. The standard InChI is InChI=1S/C14H10FN3O4S/c1-23(21,22)8-3-4-9(10(15)7-8)12-11(14(19)20)13-16-5-2-6-18(13)17-12/h2-7H,1H3,(H,19,20). The van der Waals surface area contributed by atoms with Crippen LogP contribution in [0.4, 0.5) is 4.39 Å². The molecule has 118 valence electrons. The Morgan fingerprint density at radius 1 is 1.35 bits per heavy atom. The Balaban J connectivity index is 2.29. The maximum absolute atomic E-state index is 14.3. The molecule has 0 fully saturated rings. The topological polar surface area (TPSA) is 102 Å². The molecule has 23 heavy (non-hydrogen) atoms. The van der Waals surface area contributed by atoms with E-state index in [-0.39, 0.29) is 27.4 Å². The van der Waals surface area contributed by atoms with Crippen molar-refractivity contribution in [3.8, 4) is 11.3 Å². The number of hydrogen-bond acceptors (Lipinski definition) is 5. The number of nitrogens with zero attached hydrogens (tertiary/aromatic N) is 3. The van der Waals surface area contributed by atoms with Gasteiger partial charge in [0.1, 0.15) is 17.1 Å². The predicted octanol–water partition coefficient (Wildman–Crippen LogP) is 1.64. The lowest BCUT2D eigenvalue weighted by Crippen LogP contribution is -2.01. The summed E-state index contributed by atoms with van der Waals surface area (Å²) in [5.41, 5.74) is -0.410. The second-order valence-corrected chi connectivity index (χ2v) is 6.85. The molecule has 7 nitrogen and oxygen atoms in total. The number of sulfone groups is 1. The van der Waals surface area contributed by atoms with Gasteiger partial charge in [0.05, 0.1) is 4.90 Å². The molecule has 0 spiro atoms. The highest BCUT2D eigenvalue weighted by molar-refractivity contribution is 7.90. The van der Waals surface area contributed by atoms with E-state index in [1.54, 1.807) is 6.07 Å². The molecule has 0 amide bonds. The molecular formula is C14H10FN3O4S. The van der Waals surface area contributed by atoms with Crippen molar-refractivity contribution in [3.63, 3.8) is 0 Å². The molecule has 1 N–H and O–H groups in total. The predicted molar refractivity (Wildman–Crippen MR) is 78.5 cm³/mol. The Labute approximate surface area is 129 Å². The van der Waals surface area contributed by atoms with Crippen LogP contribution in [0.25, 0.3) is 16.9 Å². The summed E-state index contributed by atoms with van der Waals surface area (Å²) in [5, 5.41) is 13.4. The summed E-state index contributed by atoms with van der Waals surface area (Å²) in [4.78, 5) is 15.2. The van der Waals surface area contributed by atoms with Crippen molar-refractivity contribution in [2.75, 3.05) is 6.26 Å². The fourth-order valence-corrected chi connectivity index (χ4v) is 2.82. The quantitative estimate of drug-likeness (QED) is 0.781. The molecule has 0 aliphatic rings. The van der Waals surface area contributed by atoms with Gasteiger partial charge >= 0.3 is 5.97 Å². The van der Waals surface area contributed by atoms with Gasteiger partial charge in [0.15, 0.2) is 15.5 Å². The Morgan fingerprint density at radius 2 is 2.09 bits per heavy atom. The Hall–Kier alpha value is -2.81. The first-order valence-corrected chi connectivity index (χ1v) is 8.25. The van der Waals surface area contributed by atoms with Gasteiger partial charge < -0.3 is 5.11 Å². The fraction of sp³-hybridized carbons (Fsp3) is 0.0714. The first-order valence-electron chi connectivity index (χ1n) is 6.35. The second-order valence-electron chi connectivity index (χ2n) is 4.83. The highest BCUT2D eigenvalue weighted by Gasteiger charge is 2.24. The van der Waals surface area contributed by atoms with Crippen LogP contribution in [-0.4, -0.2) is 40.3 Å². The monoisotopic (exact) mass is 335 g/mol. The van der Waals surface area contributed by atoms with Crippen LogP contribution in [0, 0.1) is 5.82 Å². The van der Waals surface area contributed by atoms with Crippen molar-refractivity contribution in [3.05, 3.63) is 48.0 Å². The molecule has 0 atom stereocenters. The molecule has 0 bridgehead atoms. The van der Waals surface area contributed by atoms with Gasteiger partial charge in [-0.1, -0.05) is 0 Å². The van der Waals surface area contributed by atoms with Crippen molar-refractivity contribution in [2.24, 2.45) is 0 Å². The van der Waals surface area contributed by atoms with Gasteiger partial charge in [-0.2, -0.15) is 5.10 Å². The van der Waals surface area contributed by atoms with Crippen molar-refractivity contribution in [2.45, 2.75) is 4.90 Å². The number of aromatic carboxylic acids is 1. The minimum Gasteiger partial charge on any atom is -0.477 e. The van der Waals surface area contributed by atoms with Crippen LogP contribution < -0.4 is 0 Å². The minimum atomic E-state index is -3.57. The summed E-state index contributed by atoms with van der Waals surface area (Å²) >= 11 is 0. The molecule has 0 radical (unpaired) electrons. The third-order valence-corrected chi connectivity index (χ3v) is 4.34. The molecule has 0 aliphatic heterocycles. The van der Waals surface area contributed by atoms with Crippen LogP contribution in [0.2, 0.25) is 0 Å². The molecule has 0 saturated heterocycles. The van der Waals surface area contributed by atoms with Crippen LogP contribution in [-0.2, 0) is 9.84 Å². The number of fused-ring (bicyclic) bond motifs is 1. The highest BCUT2D eigenvalue weighted by atomic mass is 32.2. The second kappa shape index (κ2) is 5.13. The van der Waals surface area contributed by atoms with Crippen LogP contribution in [0.1, 0.15) is 10.4 Å². The Bertz CT molecular complexity index is 1040. The summed E-state index contributed by atoms with van der Waals surface area (Å²) < 4.78 is 38.5. The number of carboxylic acid groups (broad SMARTS) is 1. The van der Waals surface area contributed by atoms with Gasteiger partial charge in [-0.15, -0.1) is 0 Å². The molecule has 0 unspecified atom stereocenters. The zero-order valence-corrected chi connectivity index (χ0v) is 12.6. The van der Waals surface area contributed by atoms with Gasteiger partial charge in [-0.05, 0) is 24.3 Å². The fourth-order valence-electron chi connectivity index (χ4n) is 2.19. The average Bonchev–Trinajstić information content (AvgIpc) is 2.85. The van der Waals surface area contributed by atoms with E-state index in [1.165, 1.54) is 29.0 Å². The van der Waals surface area contributed by atoms with Crippen LogP contribution >= 0.6 is 0 Å². The number of carboxylic acids is 1. The summed E-state index contributed by atoms with van der Waals surface area (Å²) in [5.74, 6) is -2.18. The average molecular weight is 335 g/mol. The summed E-state index contributed by atoms with van der Waals surface area (Å²) in [6, 6.07) is 4.79. The van der Waals surface area contributed by atoms with E-state index in [4.69, 9.17) is 0 Å². The first-order chi connectivity index (χ1) is 10.8. The van der Waals surface area contributed by atoms with E-state index in [9.17, 15) is 22.7 Å². The van der Waals surface area contributed by atoms with Gasteiger partial charge in [0.25, 0.3) is 0 Å². The number of hydrogen-bond donors (Lipinski definition) is 1. The molecule has 9 heteroatoms. The maximum Gasteiger partial charge on any atom is 0.341 e. The lowest BCUT2D eigenvalue weighted by atomic mass is 10.1. The van der Waals surface area contributed by atoms with E-state index < -0.39 is 21.6 Å². The van der Waals surface area contributed by atoms with E-state index in [2.05, 4.69) is 10.1 Å². The lowest BCUT2D eigenvalue weighted by molar-refractivity contribution is 0.0699. The summed E-state index contributed by atoms with van der Waals surface area (Å²) in [6.07, 6.45) is 3.84. The minimum absolute atomic E-state index is 0.0709. The molecule has 1 aromatic carbocycles. The molecule has 3 rings (SSSR count). The Morgan fingerprint density at radius 3 is 2.70 bits per heavy atom. The van der Waals surface area contributed by atoms with Crippen LogP contribution in [0.15, 0.2) is 41.6 Å². The number of carbonyl (C=O) groups is 1. The van der Waals surface area contributed by atoms with Gasteiger partial charge in [-0.25, -0.2) is 27.1 Å². The largest absolute Gasteiger partial charge is 0.477 e. The zero-order chi connectivity index (χ0) is 16.8. The van der Waals surface area contributed by atoms with Gasteiger partial charge in [0, 0.05) is 24.2 Å². The highest BCUT2D eigenvalue weighted by Crippen LogP contribution is 2.29. The lowest BCUT2D eigenvalue weighted by Gasteiger charge is -2.04. The molecular weight excluding hydrogens is 325 g/mol. The normalized spacial score (nSPS) is 11.7. The van der Waals surface area contributed by atoms with E-state index in [0.717, 1.165) is 12.3 Å². The van der Waals surface area contributed by atoms with Crippen molar-refractivity contribution >= 4 is 21.5 Å². The summed E-state index contributed by atoms with van der Waals surface area (Å²) in [6.45, 7) is 0. The summed E-state index contributed by atoms with van der Waals surface area (Å²) in [7, 11) is -3.57. The Kier molecular flexibility index (Phi) is 3.37. The molecule has 2 aromatic heterocycles. The van der Waals surface area contributed by atoms with Crippen molar-refractivity contribution in [1.82, 2.24) is 14.6 Å². The van der Waals surface area contributed by atoms with Crippen molar-refractivity contribution < 1.29 is 22.7 Å². The third kappa shape index (κ3) is 2.55. The van der Waals surface area contributed by atoms with Crippen molar-refractivity contribution in [1.29, 1.82) is 0 Å². The van der Waals surface area contributed by atoms with E-state index in [0.29, 0.717) is 0 Å². The number of halogens is 1. The number of rotatable bonds is 3. The molecule has 2 heterocycles. The number of aromatic nitrogens is 3. The van der Waals surface area contributed by atoms with Gasteiger partial charge in [-0.3, -0.25) is 0 Å². The number of benzene rings is 1.